The van der Waals surface area contributed by atoms with E-state index in [1.807, 2.05) is 30.3 Å². The average Bonchev–Trinajstić information content (AvgIpc) is 3.28. The molecule has 7 heteroatoms. The van der Waals surface area contributed by atoms with Crippen LogP contribution in [0.2, 0.25) is 5.02 Å². The van der Waals surface area contributed by atoms with Gasteiger partial charge in [-0.05, 0) is 36.4 Å². The number of benzene rings is 2. The Kier molecular flexibility index (Phi) is 4.51. The molecule has 4 rings (SSSR count). The number of carbonyl (C=O) groups excluding carboxylic acids is 1. The zero-order chi connectivity index (χ0) is 17.9. The molecule has 0 bridgehead atoms. The number of hydrogen-bond acceptors (Lipinski definition) is 5. The second kappa shape index (κ2) is 7.11. The normalized spacial score (nSPS) is 11.3. The van der Waals surface area contributed by atoms with Gasteiger partial charge in [0.15, 0.2) is 10.8 Å². The molecule has 0 unspecified atom stereocenters. The van der Waals surface area contributed by atoms with Crippen LogP contribution in [0, 0.1) is 0 Å². The number of nitrogens with one attached hydrogen (secondary N) is 1. The fourth-order valence-electron chi connectivity index (χ4n) is 2.37. The number of nitrogens with zero attached hydrogens (tertiary/aromatic N) is 2. The van der Waals surface area contributed by atoms with E-state index in [0.29, 0.717) is 22.1 Å². The van der Waals surface area contributed by atoms with Gasteiger partial charge in [0, 0.05) is 0 Å². The highest BCUT2D eigenvalue weighted by atomic mass is 35.5. The van der Waals surface area contributed by atoms with Crippen molar-refractivity contribution in [2.75, 3.05) is 0 Å². The van der Waals surface area contributed by atoms with Crippen molar-refractivity contribution in [1.82, 2.24) is 10.4 Å². The molecule has 0 radical (unpaired) electrons. The number of hydrogen-bond donors (Lipinski definition) is 1. The van der Waals surface area contributed by atoms with Crippen LogP contribution in [0.1, 0.15) is 16.1 Å². The lowest BCUT2D eigenvalue weighted by Gasteiger charge is -2.01. The van der Waals surface area contributed by atoms with Crippen LogP contribution in [0.3, 0.4) is 0 Å². The van der Waals surface area contributed by atoms with Crippen molar-refractivity contribution in [3.63, 3.8) is 0 Å². The summed E-state index contributed by atoms with van der Waals surface area (Å²) < 4.78 is 6.83. The Morgan fingerprint density at radius 2 is 1.92 bits per heavy atom. The van der Waals surface area contributed by atoms with Crippen molar-refractivity contribution in [2.45, 2.75) is 0 Å². The molecule has 0 fully saturated rings. The molecule has 5 nitrogen and oxygen atoms in total. The summed E-state index contributed by atoms with van der Waals surface area (Å²) in [6.45, 7) is 0. The summed E-state index contributed by atoms with van der Waals surface area (Å²) in [4.78, 5) is 16.6. The molecule has 0 saturated carbocycles. The van der Waals surface area contributed by atoms with Crippen LogP contribution in [-0.4, -0.2) is 17.1 Å². The van der Waals surface area contributed by atoms with Crippen molar-refractivity contribution in [3.05, 3.63) is 77.0 Å². The van der Waals surface area contributed by atoms with Crippen LogP contribution >= 0.6 is 22.9 Å². The maximum Gasteiger partial charge on any atom is 0.272 e. The minimum Gasteiger partial charge on any atom is -0.453 e. The first-order valence-electron chi connectivity index (χ1n) is 7.74. The van der Waals surface area contributed by atoms with E-state index in [1.165, 1.54) is 6.21 Å². The molecular weight excluding hydrogens is 370 g/mol. The molecule has 4 aromatic rings. The lowest BCUT2D eigenvalue weighted by molar-refractivity contribution is 0.0955. The van der Waals surface area contributed by atoms with E-state index in [2.05, 4.69) is 15.5 Å². The third-order valence-corrected chi connectivity index (χ3v) is 4.99. The van der Waals surface area contributed by atoms with Gasteiger partial charge in [-0.3, -0.25) is 4.79 Å². The molecule has 0 aliphatic rings. The van der Waals surface area contributed by atoms with Crippen LogP contribution in [0.4, 0.5) is 0 Å². The Bertz CT molecular complexity index is 1080. The average molecular weight is 382 g/mol. The van der Waals surface area contributed by atoms with Gasteiger partial charge in [-0.25, -0.2) is 10.4 Å². The van der Waals surface area contributed by atoms with Crippen molar-refractivity contribution < 1.29 is 9.21 Å². The molecule has 128 valence electrons. The monoisotopic (exact) mass is 381 g/mol. The van der Waals surface area contributed by atoms with E-state index in [9.17, 15) is 4.79 Å². The van der Waals surface area contributed by atoms with Gasteiger partial charge in [0.2, 0.25) is 0 Å². The van der Waals surface area contributed by atoms with Gasteiger partial charge in [0.1, 0.15) is 5.76 Å². The number of halogens is 1. The Labute approximate surface area is 157 Å². The Balaban J connectivity index is 1.47. The quantitative estimate of drug-likeness (QED) is 0.400. The molecule has 2 heterocycles. The second-order valence-corrected chi connectivity index (χ2v) is 6.81. The Morgan fingerprint density at radius 3 is 2.77 bits per heavy atom. The van der Waals surface area contributed by atoms with Crippen LogP contribution in [0.5, 0.6) is 0 Å². The van der Waals surface area contributed by atoms with Gasteiger partial charge in [-0.1, -0.05) is 35.9 Å². The lowest BCUT2D eigenvalue weighted by atomic mass is 10.2. The Morgan fingerprint density at radius 1 is 1.12 bits per heavy atom. The third-order valence-electron chi connectivity index (χ3n) is 3.61. The van der Waals surface area contributed by atoms with Crippen molar-refractivity contribution in [1.29, 1.82) is 0 Å². The van der Waals surface area contributed by atoms with Crippen molar-refractivity contribution in [2.24, 2.45) is 5.10 Å². The first-order chi connectivity index (χ1) is 12.7. The highest BCUT2D eigenvalue weighted by Crippen LogP contribution is 2.30. The van der Waals surface area contributed by atoms with Crippen LogP contribution in [0.25, 0.3) is 21.0 Å². The number of rotatable bonds is 4. The summed E-state index contributed by atoms with van der Waals surface area (Å²) >= 11 is 7.54. The number of thiazole rings is 1. The Hall–Kier alpha value is -2.96. The number of para-hydroxylation sites is 1. The molecule has 0 atom stereocenters. The van der Waals surface area contributed by atoms with E-state index in [-0.39, 0.29) is 5.91 Å². The van der Waals surface area contributed by atoms with E-state index in [1.54, 1.807) is 41.7 Å². The van der Waals surface area contributed by atoms with Gasteiger partial charge >= 0.3 is 0 Å². The number of furan rings is 1. The van der Waals surface area contributed by atoms with Crippen molar-refractivity contribution in [3.8, 4) is 10.8 Å². The minimum absolute atomic E-state index is 0.362. The maximum absolute atomic E-state index is 12.0. The predicted molar refractivity (Wildman–Crippen MR) is 104 cm³/mol. The molecule has 0 aliphatic carbocycles. The molecule has 2 aromatic carbocycles. The zero-order valence-electron chi connectivity index (χ0n) is 13.3. The van der Waals surface area contributed by atoms with E-state index >= 15 is 0 Å². The largest absolute Gasteiger partial charge is 0.453 e. The van der Waals surface area contributed by atoms with E-state index in [0.717, 1.165) is 15.2 Å². The van der Waals surface area contributed by atoms with Gasteiger partial charge in [0.25, 0.3) is 5.91 Å². The summed E-state index contributed by atoms with van der Waals surface area (Å²) in [5, 5.41) is 5.08. The molecule has 1 amide bonds. The van der Waals surface area contributed by atoms with Crippen LogP contribution < -0.4 is 5.43 Å². The standard InChI is InChI=1S/C19H12ClN3O2S/c20-14-6-2-1-5-13(14)18(24)23-21-11-12-9-10-16(25-12)19-22-15-7-3-4-8-17(15)26-19/h1-11H,(H,23,24)/b21-11-. The topological polar surface area (TPSA) is 67.5 Å². The van der Waals surface area contributed by atoms with Gasteiger partial charge in [-0.2, -0.15) is 5.10 Å². The highest BCUT2D eigenvalue weighted by Gasteiger charge is 2.10. The second-order valence-electron chi connectivity index (χ2n) is 5.37. The first kappa shape index (κ1) is 16.5. The molecular formula is C19H12ClN3O2S. The summed E-state index contributed by atoms with van der Waals surface area (Å²) in [5.41, 5.74) is 3.73. The van der Waals surface area contributed by atoms with Gasteiger partial charge in [0.05, 0.1) is 27.0 Å². The lowest BCUT2D eigenvalue weighted by Crippen LogP contribution is -2.17. The SMILES string of the molecule is O=C(N/N=C\c1ccc(-c2nc3ccccc3s2)o1)c1ccccc1Cl. The molecule has 2 aromatic heterocycles. The van der Waals surface area contributed by atoms with Gasteiger partial charge < -0.3 is 4.42 Å². The predicted octanol–water partition coefficient (Wildman–Crippen LogP) is 4.97. The number of amides is 1. The number of hydrazone groups is 1. The molecule has 0 aliphatic heterocycles. The molecule has 0 spiro atoms. The fraction of sp³-hybridized carbons (Fsp3) is 0. The fourth-order valence-corrected chi connectivity index (χ4v) is 3.52. The number of aromatic nitrogens is 1. The van der Waals surface area contributed by atoms with Gasteiger partial charge in [-0.15, -0.1) is 11.3 Å². The number of carbonyl (C=O) groups is 1. The highest BCUT2D eigenvalue weighted by molar-refractivity contribution is 7.21. The first-order valence-corrected chi connectivity index (χ1v) is 8.94. The third kappa shape index (κ3) is 3.37. The molecule has 0 saturated heterocycles. The van der Waals surface area contributed by atoms with Crippen LogP contribution in [0.15, 0.2) is 70.2 Å². The summed E-state index contributed by atoms with van der Waals surface area (Å²) in [5.74, 6) is 0.786. The minimum atomic E-state index is -0.384. The maximum atomic E-state index is 12.0. The van der Waals surface area contributed by atoms with E-state index in [4.69, 9.17) is 16.0 Å². The molecule has 26 heavy (non-hydrogen) atoms. The smallest absolute Gasteiger partial charge is 0.272 e. The van der Waals surface area contributed by atoms with Crippen molar-refractivity contribution >= 4 is 45.3 Å². The van der Waals surface area contributed by atoms with E-state index < -0.39 is 0 Å². The summed E-state index contributed by atoms with van der Waals surface area (Å²) in [6, 6.07) is 18.3. The summed E-state index contributed by atoms with van der Waals surface area (Å²) in [7, 11) is 0. The zero-order valence-corrected chi connectivity index (χ0v) is 14.9. The molecule has 1 N–H and O–H groups in total. The summed E-state index contributed by atoms with van der Waals surface area (Å²) in [6.07, 6.45) is 1.44. The number of fused-ring (bicyclic) bond motifs is 1. The van der Waals surface area contributed by atoms with Crippen LogP contribution in [-0.2, 0) is 0 Å².